The molecule has 0 fully saturated rings. The summed E-state index contributed by atoms with van der Waals surface area (Å²) in [6.45, 7) is 1.90. The van der Waals surface area contributed by atoms with Crippen LogP contribution >= 0.6 is 0 Å². The lowest BCUT2D eigenvalue weighted by Gasteiger charge is -2.18. The smallest absolute Gasteiger partial charge is 0.226 e. The summed E-state index contributed by atoms with van der Waals surface area (Å²) in [5.41, 5.74) is 2.30. The Morgan fingerprint density at radius 2 is 1.93 bits per heavy atom. The average Bonchev–Trinajstić information content (AvgIpc) is 3.16. The van der Waals surface area contributed by atoms with E-state index in [1.54, 1.807) is 14.2 Å². The van der Waals surface area contributed by atoms with Gasteiger partial charge in [0, 0.05) is 11.1 Å². The Morgan fingerprint density at radius 1 is 1.15 bits per heavy atom. The molecular weight excluding hydrogens is 344 g/mol. The fraction of sp³-hybridized carbons (Fsp3) is 0.238. The zero-order chi connectivity index (χ0) is 19.2. The maximum atomic E-state index is 12.4. The van der Waals surface area contributed by atoms with E-state index in [1.165, 1.54) is 6.26 Å². The molecule has 1 aromatic heterocycles. The number of carbonyl (C=O) groups excluding carboxylic acids is 1. The molecule has 3 aromatic rings. The fourth-order valence-electron chi connectivity index (χ4n) is 2.81. The summed E-state index contributed by atoms with van der Waals surface area (Å²) in [5, 5.41) is 2.96. The highest BCUT2D eigenvalue weighted by molar-refractivity contribution is 5.78. The fourth-order valence-corrected chi connectivity index (χ4v) is 2.81. The lowest BCUT2D eigenvalue weighted by molar-refractivity contribution is -0.121. The van der Waals surface area contributed by atoms with E-state index in [-0.39, 0.29) is 18.4 Å². The minimum atomic E-state index is -0.247. The molecule has 0 radical (unpaired) electrons. The van der Waals surface area contributed by atoms with Gasteiger partial charge in [-0.25, -0.2) is 4.98 Å². The number of rotatable bonds is 7. The largest absolute Gasteiger partial charge is 0.497 e. The van der Waals surface area contributed by atoms with Gasteiger partial charge in [-0.15, -0.1) is 0 Å². The molecule has 6 heteroatoms. The Hall–Kier alpha value is -3.28. The van der Waals surface area contributed by atoms with Crippen molar-refractivity contribution < 1.29 is 18.7 Å². The van der Waals surface area contributed by atoms with Crippen LogP contribution in [-0.2, 0) is 11.2 Å². The molecule has 0 unspecified atom stereocenters. The SMILES string of the molecule is COc1ccc(OC)c([C@@H](C)NC(=O)Cc2coc(-c3ccccc3)n2)c1. The van der Waals surface area contributed by atoms with Crippen LogP contribution in [0.3, 0.4) is 0 Å². The molecule has 1 N–H and O–H groups in total. The first-order chi connectivity index (χ1) is 13.1. The lowest BCUT2D eigenvalue weighted by Crippen LogP contribution is -2.28. The summed E-state index contributed by atoms with van der Waals surface area (Å²) in [6, 6.07) is 14.8. The number of nitrogens with one attached hydrogen (secondary N) is 1. The van der Waals surface area contributed by atoms with Crippen LogP contribution < -0.4 is 14.8 Å². The zero-order valence-corrected chi connectivity index (χ0v) is 15.6. The van der Waals surface area contributed by atoms with Crippen molar-refractivity contribution in [2.24, 2.45) is 0 Å². The first-order valence-electron chi connectivity index (χ1n) is 8.62. The van der Waals surface area contributed by atoms with Crippen LogP contribution in [0.5, 0.6) is 11.5 Å². The highest BCUT2D eigenvalue weighted by Crippen LogP contribution is 2.29. The van der Waals surface area contributed by atoms with Gasteiger partial charge in [-0.05, 0) is 37.3 Å². The van der Waals surface area contributed by atoms with Crippen LogP contribution in [0.15, 0.2) is 59.2 Å². The molecule has 0 bridgehead atoms. The minimum absolute atomic E-state index is 0.132. The Labute approximate surface area is 158 Å². The highest BCUT2D eigenvalue weighted by Gasteiger charge is 2.17. The van der Waals surface area contributed by atoms with Gasteiger partial charge in [0.15, 0.2) is 0 Å². The third-order valence-electron chi connectivity index (χ3n) is 4.20. The average molecular weight is 366 g/mol. The van der Waals surface area contributed by atoms with Crippen molar-refractivity contribution in [3.8, 4) is 23.0 Å². The number of hydrogen-bond acceptors (Lipinski definition) is 5. The van der Waals surface area contributed by atoms with Gasteiger partial charge in [-0.1, -0.05) is 18.2 Å². The van der Waals surface area contributed by atoms with E-state index in [9.17, 15) is 4.79 Å². The maximum absolute atomic E-state index is 12.4. The summed E-state index contributed by atoms with van der Waals surface area (Å²) in [4.78, 5) is 16.8. The number of ether oxygens (including phenoxy) is 2. The van der Waals surface area contributed by atoms with Crippen molar-refractivity contribution in [2.75, 3.05) is 14.2 Å². The van der Waals surface area contributed by atoms with Crippen molar-refractivity contribution in [2.45, 2.75) is 19.4 Å². The summed E-state index contributed by atoms with van der Waals surface area (Å²) < 4.78 is 16.1. The van der Waals surface area contributed by atoms with E-state index >= 15 is 0 Å². The van der Waals surface area contributed by atoms with Crippen LogP contribution in [0, 0.1) is 0 Å². The number of benzene rings is 2. The molecule has 3 rings (SSSR count). The standard InChI is InChI=1S/C21H22N2O4/c1-14(18-12-17(25-2)9-10-19(18)26-3)22-20(24)11-16-13-27-21(23-16)15-7-5-4-6-8-15/h4-10,12-14H,11H2,1-3H3,(H,22,24)/t14-/m1/s1. The Kier molecular flexibility index (Phi) is 5.76. The Bertz CT molecular complexity index is 906. The summed E-state index contributed by atoms with van der Waals surface area (Å²) in [7, 11) is 3.20. The molecule has 0 aliphatic rings. The van der Waals surface area contributed by atoms with Crippen LogP contribution in [0.2, 0.25) is 0 Å². The van der Waals surface area contributed by atoms with Crippen LogP contribution in [-0.4, -0.2) is 25.1 Å². The third-order valence-corrected chi connectivity index (χ3v) is 4.20. The number of hydrogen-bond donors (Lipinski definition) is 1. The number of methoxy groups -OCH3 is 2. The van der Waals surface area contributed by atoms with E-state index in [0.29, 0.717) is 23.1 Å². The number of amides is 1. The van der Waals surface area contributed by atoms with Crippen molar-refractivity contribution in [3.63, 3.8) is 0 Å². The first-order valence-corrected chi connectivity index (χ1v) is 8.62. The molecule has 1 atom stereocenters. The summed E-state index contributed by atoms with van der Waals surface area (Å²) in [6.07, 6.45) is 1.64. The molecule has 0 spiro atoms. The van der Waals surface area contributed by atoms with E-state index in [4.69, 9.17) is 13.9 Å². The molecule has 0 aliphatic carbocycles. The molecule has 0 aliphatic heterocycles. The lowest BCUT2D eigenvalue weighted by atomic mass is 10.1. The molecular formula is C21H22N2O4. The first kappa shape index (κ1) is 18.5. The van der Waals surface area contributed by atoms with Gasteiger partial charge in [0.05, 0.1) is 32.4 Å². The molecule has 0 saturated carbocycles. The molecule has 2 aromatic carbocycles. The molecule has 6 nitrogen and oxygen atoms in total. The molecule has 0 saturated heterocycles. The predicted octanol–water partition coefficient (Wildman–Crippen LogP) is 3.78. The van der Waals surface area contributed by atoms with Crippen molar-refractivity contribution in [3.05, 3.63) is 66.1 Å². The zero-order valence-electron chi connectivity index (χ0n) is 15.6. The van der Waals surface area contributed by atoms with Crippen LogP contribution in [0.1, 0.15) is 24.2 Å². The summed E-state index contributed by atoms with van der Waals surface area (Å²) in [5.74, 6) is 1.74. The second-order valence-electron chi connectivity index (χ2n) is 6.08. The number of aromatic nitrogens is 1. The minimum Gasteiger partial charge on any atom is -0.497 e. The van der Waals surface area contributed by atoms with Crippen molar-refractivity contribution in [1.82, 2.24) is 10.3 Å². The Morgan fingerprint density at radius 3 is 2.63 bits per heavy atom. The van der Waals surface area contributed by atoms with E-state index < -0.39 is 0 Å². The van der Waals surface area contributed by atoms with Crippen LogP contribution in [0.4, 0.5) is 0 Å². The quantitative estimate of drug-likeness (QED) is 0.689. The number of carbonyl (C=O) groups is 1. The number of oxazole rings is 1. The van der Waals surface area contributed by atoms with Crippen LogP contribution in [0.25, 0.3) is 11.5 Å². The number of nitrogens with zero attached hydrogens (tertiary/aromatic N) is 1. The van der Waals surface area contributed by atoms with Gasteiger partial charge < -0.3 is 19.2 Å². The normalized spacial score (nSPS) is 11.7. The van der Waals surface area contributed by atoms with E-state index in [2.05, 4.69) is 10.3 Å². The molecule has 140 valence electrons. The van der Waals surface area contributed by atoms with E-state index in [0.717, 1.165) is 11.1 Å². The second-order valence-corrected chi connectivity index (χ2v) is 6.08. The maximum Gasteiger partial charge on any atom is 0.226 e. The van der Waals surface area contributed by atoms with Gasteiger partial charge in [-0.2, -0.15) is 0 Å². The van der Waals surface area contributed by atoms with E-state index in [1.807, 2.05) is 55.5 Å². The molecule has 1 amide bonds. The van der Waals surface area contributed by atoms with Gasteiger partial charge in [0.2, 0.25) is 11.8 Å². The van der Waals surface area contributed by atoms with Gasteiger partial charge in [0.1, 0.15) is 17.8 Å². The molecule has 1 heterocycles. The summed E-state index contributed by atoms with van der Waals surface area (Å²) >= 11 is 0. The van der Waals surface area contributed by atoms with Crippen molar-refractivity contribution in [1.29, 1.82) is 0 Å². The monoisotopic (exact) mass is 366 g/mol. The predicted molar refractivity (Wildman–Crippen MR) is 102 cm³/mol. The van der Waals surface area contributed by atoms with Gasteiger partial charge in [0.25, 0.3) is 0 Å². The third kappa shape index (κ3) is 4.47. The Balaban J connectivity index is 1.67. The van der Waals surface area contributed by atoms with Gasteiger partial charge >= 0.3 is 0 Å². The highest BCUT2D eigenvalue weighted by atomic mass is 16.5. The second kappa shape index (κ2) is 8.40. The topological polar surface area (TPSA) is 73.6 Å². The van der Waals surface area contributed by atoms with Gasteiger partial charge in [-0.3, -0.25) is 4.79 Å². The molecule has 27 heavy (non-hydrogen) atoms. The van der Waals surface area contributed by atoms with Crippen molar-refractivity contribution >= 4 is 5.91 Å².